The van der Waals surface area contributed by atoms with Crippen molar-refractivity contribution in [2.75, 3.05) is 13.6 Å². The smallest absolute Gasteiger partial charge is 0.0802 e. The molecule has 0 radical (unpaired) electrons. The number of halogens is 1. The summed E-state index contributed by atoms with van der Waals surface area (Å²) in [7, 11) is 1.87. The van der Waals surface area contributed by atoms with Gasteiger partial charge in [-0.3, -0.25) is 0 Å². The van der Waals surface area contributed by atoms with Gasteiger partial charge in [0.05, 0.1) is 6.10 Å². The Kier molecular flexibility index (Phi) is 4.22. The van der Waals surface area contributed by atoms with Crippen LogP contribution in [0.25, 0.3) is 0 Å². The molecule has 0 saturated carbocycles. The molecule has 2 N–H and O–H groups in total. The topological polar surface area (TPSA) is 32.3 Å². The van der Waals surface area contributed by atoms with Crippen molar-refractivity contribution in [2.24, 2.45) is 0 Å². The molecule has 0 saturated heterocycles. The molecule has 0 aliphatic heterocycles. The van der Waals surface area contributed by atoms with Crippen molar-refractivity contribution in [3.8, 4) is 0 Å². The number of hydrogen-bond acceptors (Lipinski definition) is 2. The van der Waals surface area contributed by atoms with Crippen LogP contribution in [0.5, 0.6) is 0 Å². The first-order valence-corrected chi connectivity index (χ1v) is 4.70. The summed E-state index contributed by atoms with van der Waals surface area (Å²) >= 11 is 5.73. The second-order valence-electron chi connectivity index (χ2n) is 2.96. The lowest BCUT2D eigenvalue weighted by molar-refractivity contribution is 0.168. The second kappa shape index (κ2) is 5.22. The second-order valence-corrected chi connectivity index (χ2v) is 3.40. The van der Waals surface area contributed by atoms with E-state index in [1.54, 1.807) is 12.1 Å². The van der Waals surface area contributed by atoms with Gasteiger partial charge in [-0.1, -0.05) is 23.7 Å². The van der Waals surface area contributed by atoms with Crippen molar-refractivity contribution in [2.45, 2.75) is 12.5 Å². The third-order valence-corrected chi connectivity index (χ3v) is 2.17. The predicted octanol–water partition coefficient (Wildman–Crippen LogP) is 1.98. The summed E-state index contributed by atoms with van der Waals surface area (Å²) in [5, 5.41) is 13.4. The predicted molar refractivity (Wildman–Crippen MR) is 55.0 cm³/mol. The van der Waals surface area contributed by atoms with Crippen LogP contribution in [0.2, 0.25) is 5.02 Å². The third-order valence-electron chi connectivity index (χ3n) is 1.92. The molecule has 0 heterocycles. The molecule has 1 aromatic carbocycles. The number of nitrogens with one attached hydrogen (secondary N) is 1. The van der Waals surface area contributed by atoms with Crippen molar-refractivity contribution < 1.29 is 5.11 Å². The van der Waals surface area contributed by atoms with Gasteiger partial charge in [-0.15, -0.1) is 0 Å². The van der Waals surface area contributed by atoms with E-state index in [9.17, 15) is 5.11 Å². The molecule has 72 valence electrons. The van der Waals surface area contributed by atoms with E-state index in [1.807, 2.05) is 19.2 Å². The van der Waals surface area contributed by atoms with Gasteiger partial charge in [0.15, 0.2) is 0 Å². The lowest BCUT2D eigenvalue weighted by Gasteiger charge is -2.10. The van der Waals surface area contributed by atoms with Gasteiger partial charge in [0, 0.05) is 5.02 Å². The Morgan fingerprint density at radius 1 is 1.38 bits per heavy atom. The van der Waals surface area contributed by atoms with Crippen LogP contribution in [0.1, 0.15) is 18.1 Å². The molecule has 0 aliphatic carbocycles. The lowest BCUT2D eigenvalue weighted by atomic mass is 10.1. The van der Waals surface area contributed by atoms with Gasteiger partial charge < -0.3 is 10.4 Å². The molecular formula is C10H14ClNO. The zero-order valence-electron chi connectivity index (χ0n) is 7.63. The molecule has 3 heteroatoms. The van der Waals surface area contributed by atoms with Crippen molar-refractivity contribution in [3.63, 3.8) is 0 Å². The van der Waals surface area contributed by atoms with Crippen LogP contribution in [-0.2, 0) is 0 Å². The maximum absolute atomic E-state index is 9.66. The van der Waals surface area contributed by atoms with Gasteiger partial charge in [0.25, 0.3) is 0 Å². The largest absolute Gasteiger partial charge is 0.388 e. The number of aliphatic hydroxyl groups excluding tert-OH is 1. The molecule has 0 fully saturated rings. The highest BCUT2D eigenvalue weighted by Gasteiger charge is 2.05. The van der Waals surface area contributed by atoms with E-state index in [2.05, 4.69) is 5.32 Å². The SMILES string of the molecule is CNCC[C@@H](O)c1ccc(Cl)cc1. The maximum Gasteiger partial charge on any atom is 0.0802 e. The van der Waals surface area contributed by atoms with Crippen molar-refractivity contribution in [1.82, 2.24) is 5.32 Å². The van der Waals surface area contributed by atoms with E-state index in [0.29, 0.717) is 5.02 Å². The lowest BCUT2D eigenvalue weighted by Crippen LogP contribution is -2.11. The Morgan fingerprint density at radius 2 is 2.00 bits per heavy atom. The van der Waals surface area contributed by atoms with Crippen LogP contribution >= 0.6 is 11.6 Å². The number of hydrogen-bond donors (Lipinski definition) is 2. The first-order valence-electron chi connectivity index (χ1n) is 4.32. The highest BCUT2D eigenvalue weighted by atomic mass is 35.5. The van der Waals surface area contributed by atoms with Crippen LogP contribution < -0.4 is 5.32 Å². The molecule has 0 spiro atoms. The highest BCUT2D eigenvalue weighted by molar-refractivity contribution is 6.30. The normalized spacial score (nSPS) is 12.8. The van der Waals surface area contributed by atoms with E-state index in [4.69, 9.17) is 11.6 Å². The number of benzene rings is 1. The average molecular weight is 200 g/mol. The standard InChI is InChI=1S/C10H14ClNO/c1-12-7-6-10(13)8-2-4-9(11)5-3-8/h2-5,10,12-13H,6-7H2,1H3/t10-/m1/s1. The van der Waals surface area contributed by atoms with E-state index in [-0.39, 0.29) is 0 Å². The molecule has 1 aromatic rings. The monoisotopic (exact) mass is 199 g/mol. The fourth-order valence-corrected chi connectivity index (χ4v) is 1.26. The molecule has 0 amide bonds. The van der Waals surface area contributed by atoms with Crippen molar-refractivity contribution in [3.05, 3.63) is 34.9 Å². The minimum Gasteiger partial charge on any atom is -0.388 e. The van der Waals surface area contributed by atoms with Crippen LogP contribution in [0.3, 0.4) is 0 Å². The van der Waals surface area contributed by atoms with Crippen molar-refractivity contribution in [1.29, 1.82) is 0 Å². The maximum atomic E-state index is 9.66. The molecule has 13 heavy (non-hydrogen) atoms. The highest BCUT2D eigenvalue weighted by Crippen LogP contribution is 2.18. The Balaban J connectivity index is 2.55. The fourth-order valence-electron chi connectivity index (χ4n) is 1.13. The van der Waals surface area contributed by atoms with Gasteiger partial charge >= 0.3 is 0 Å². The minimum absolute atomic E-state index is 0.398. The summed E-state index contributed by atoms with van der Waals surface area (Å²) in [6, 6.07) is 7.28. The fraction of sp³-hybridized carbons (Fsp3) is 0.400. The Bertz CT molecular complexity index is 248. The van der Waals surface area contributed by atoms with E-state index in [0.717, 1.165) is 18.5 Å². The molecule has 0 unspecified atom stereocenters. The molecule has 0 bridgehead atoms. The third kappa shape index (κ3) is 3.35. The molecule has 1 atom stereocenters. The first-order chi connectivity index (χ1) is 6.24. The summed E-state index contributed by atoms with van der Waals surface area (Å²) in [5.74, 6) is 0. The first kappa shape index (κ1) is 10.5. The summed E-state index contributed by atoms with van der Waals surface area (Å²) in [6.45, 7) is 0.809. The Hall–Kier alpha value is -0.570. The molecule has 1 rings (SSSR count). The minimum atomic E-state index is -0.398. The molecule has 2 nitrogen and oxygen atoms in total. The summed E-state index contributed by atoms with van der Waals surface area (Å²) in [4.78, 5) is 0. The number of rotatable bonds is 4. The van der Waals surface area contributed by atoms with Crippen LogP contribution in [-0.4, -0.2) is 18.7 Å². The van der Waals surface area contributed by atoms with E-state index < -0.39 is 6.10 Å². The summed E-state index contributed by atoms with van der Waals surface area (Å²) in [6.07, 6.45) is 0.322. The van der Waals surface area contributed by atoms with Crippen molar-refractivity contribution >= 4 is 11.6 Å². The van der Waals surface area contributed by atoms with Gasteiger partial charge in [0.1, 0.15) is 0 Å². The summed E-state index contributed by atoms with van der Waals surface area (Å²) in [5.41, 5.74) is 0.916. The van der Waals surface area contributed by atoms with Gasteiger partial charge in [0.2, 0.25) is 0 Å². The van der Waals surface area contributed by atoms with E-state index >= 15 is 0 Å². The van der Waals surface area contributed by atoms with Gasteiger partial charge in [-0.05, 0) is 37.7 Å². The van der Waals surface area contributed by atoms with Crippen LogP contribution in [0.4, 0.5) is 0 Å². The number of aliphatic hydroxyl groups is 1. The Labute approximate surface area is 83.5 Å². The van der Waals surface area contributed by atoms with E-state index in [1.165, 1.54) is 0 Å². The zero-order chi connectivity index (χ0) is 9.68. The average Bonchev–Trinajstić information content (AvgIpc) is 2.15. The molecule has 0 aromatic heterocycles. The van der Waals surface area contributed by atoms with Gasteiger partial charge in [-0.25, -0.2) is 0 Å². The zero-order valence-corrected chi connectivity index (χ0v) is 8.38. The quantitative estimate of drug-likeness (QED) is 0.778. The van der Waals surface area contributed by atoms with Crippen LogP contribution in [0.15, 0.2) is 24.3 Å². The van der Waals surface area contributed by atoms with Crippen LogP contribution in [0, 0.1) is 0 Å². The molecule has 0 aliphatic rings. The summed E-state index contributed by atoms with van der Waals surface area (Å²) < 4.78 is 0. The van der Waals surface area contributed by atoms with Gasteiger partial charge in [-0.2, -0.15) is 0 Å². The molecular weight excluding hydrogens is 186 g/mol. The Morgan fingerprint density at radius 3 is 2.54 bits per heavy atom.